The van der Waals surface area contributed by atoms with Crippen molar-refractivity contribution in [2.45, 2.75) is 24.9 Å². The molecule has 0 saturated carbocycles. The summed E-state index contributed by atoms with van der Waals surface area (Å²) in [5, 5.41) is 16.6. The number of carboxylic acids is 2. The van der Waals surface area contributed by atoms with E-state index in [0.717, 1.165) is 0 Å². The number of nitrogens with one attached hydrogen (secondary N) is 1. The summed E-state index contributed by atoms with van der Waals surface area (Å²) in [4.78, 5) is 22.4. The summed E-state index contributed by atoms with van der Waals surface area (Å²) in [6, 6.07) is 10.4. The van der Waals surface area contributed by atoms with Gasteiger partial charge in [-0.05, 0) is 56.3 Å². The van der Waals surface area contributed by atoms with Gasteiger partial charge < -0.3 is 19.8 Å². The molecular weight excluding hydrogens is 469 g/mol. The summed E-state index contributed by atoms with van der Waals surface area (Å²) in [5.41, 5.74) is 0.785. The van der Waals surface area contributed by atoms with Crippen LogP contribution in [0.4, 0.5) is 24.5 Å². The predicted octanol–water partition coefficient (Wildman–Crippen LogP) is 3.67. The average Bonchev–Trinajstić information content (AvgIpc) is 2.74. The highest BCUT2D eigenvalue weighted by Crippen LogP contribution is 2.26. The minimum Gasteiger partial charge on any atom is -0.497 e. The Bertz CT molecular complexity index is 1070. The van der Waals surface area contributed by atoms with Crippen LogP contribution >= 0.6 is 0 Å². The number of nitrogens with zero attached hydrogens (tertiary/aromatic N) is 1. The number of aromatic carboxylic acids is 1. The van der Waals surface area contributed by atoms with Crippen molar-refractivity contribution in [1.29, 1.82) is 0 Å². The van der Waals surface area contributed by atoms with E-state index in [-0.39, 0.29) is 16.1 Å². The number of hydrogen-bond acceptors (Lipinski definition) is 6. The molecule has 0 radical (unpaired) electrons. The highest BCUT2D eigenvalue weighted by molar-refractivity contribution is 7.92. The molecule has 0 atom stereocenters. The first-order valence-corrected chi connectivity index (χ1v) is 10.8. The molecule has 182 valence electrons. The fourth-order valence-corrected chi connectivity index (χ4v) is 3.63. The van der Waals surface area contributed by atoms with Crippen molar-refractivity contribution in [2.75, 3.05) is 29.8 Å². The van der Waals surface area contributed by atoms with Crippen LogP contribution in [0.3, 0.4) is 0 Å². The third-order valence-electron chi connectivity index (χ3n) is 4.20. The minimum atomic E-state index is -5.08. The van der Waals surface area contributed by atoms with Crippen molar-refractivity contribution in [3.8, 4) is 5.75 Å². The van der Waals surface area contributed by atoms with Gasteiger partial charge in [-0.15, -0.1) is 0 Å². The van der Waals surface area contributed by atoms with E-state index in [2.05, 4.69) is 4.72 Å². The lowest BCUT2D eigenvalue weighted by Gasteiger charge is -2.23. The number of carboxylic acid groups (broad SMARTS) is 2. The van der Waals surface area contributed by atoms with Crippen LogP contribution in [-0.2, 0) is 14.8 Å². The summed E-state index contributed by atoms with van der Waals surface area (Å²) in [6.07, 6.45) is -5.08. The number of rotatable bonds is 8. The van der Waals surface area contributed by atoms with E-state index in [0.29, 0.717) is 24.5 Å². The summed E-state index contributed by atoms with van der Waals surface area (Å²) < 4.78 is 64.2. The minimum absolute atomic E-state index is 0.0450. The van der Waals surface area contributed by atoms with Gasteiger partial charge in [0.2, 0.25) is 0 Å². The maximum atomic E-state index is 12.5. The summed E-state index contributed by atoms with van der Waals surface area (Å²) in [6.45, 7) is 5.15. The number of hydrogen-bond donors (Lipinski definition) is 3. The van der Waals surface area contributed by atoms with Crippen molar-refractivity contribution < 1.29 is 46.1 Å². The van der Waals surface area contributed by atoms with Crippen molar-refractivity contribution >= 4 is 33.3 Å². The molecule has 2 aromatic carbocycles. The summed E-state index contributed by atoms with van der Waals surface area (Å²) in [5.74, 6) is -3.33. The second-order valence-corrected chi connectivity index (χ2v) is 7.98. The Hall–Kier alpha value is -3.48. The average molecular weight is 492 g/mol. The van der Waals surface area contributed by atoms with Gasteiger partial charge in [-0.3, -0.25) is 4.72 Å². The molecule has 0 fully saturated rings. The molecule has 33 heavy (non-hydrogen) atoms. The monoisotopic (exact) mass is 492 g/mol. The van der Waals surface area contributed by atoms with E-state index in [1.54, 1.807) is 24.3 Å². The first-order valence-electron chi connectivity index (χ1n) is 9.36. The number of halogens is 3. The topological polar surface area (TPSA) is 133 Å². The van der Waals surface area contributed by atoms with E-state index in [1.165, 1.54) is 25.3 Å². The lowest BCUT2D eigenvalue weighted by Crippen LogP contribution is -2.24. The predicted molar refractivity (Wildman–Crippen MR) is 114 cm³/mol. The molecule has 0 saturated heterocycles. The second-order valence-electron chi connectivity index (χ2n) is 6.29. The van der Waals surface area contributed by atoms with Gasteiger partial charge in [0.25, 0.3) is 10.0 Å². The Morgan fingerprint density at radius 1 is 1.03 bits per heavy atom. The zero-order valence-corrected chi connectivity index (χ0v) is 18.7. The Labute approximate surface area is 188 Å². The van der Waals surface area contributed by atoms with Gasteiger partial charge in [0.15, 0.2) is 0 Å². The Balaban J connectivity index is 0.000000675. The molecular formula is C20H23F3N2O7S. The SMILES string of the molecule is CCN(CC)c1ccc(NS(=O)(=O)c2ccc(OC)cc2)cc1C(=O)O.O=C(O)C(F)(F)F. The second kappa shape index (κ2) is 11.4. The normalized spacial score (nSPS) is 11.1. The van der Waals surface area contributed by atoms with Crippen LogP contribution in [0, 0.1) is 0 Å². The molecule has 0 amide bonds. The van der Waals surface area contributed by atoms with Crippen LogP contribution in [0.25, 0.3) is 0 Å². The molecule has 0 spiro atoms. The Morgan fingerprint density at radius 3 is 1.94 bits per heavy atom. The molecule has 0 bridgehead atoms. The summed E-state index contributed by atoms with van der Waals surface area (Å²) >= 11 is 0. The van der Waals surface area contributed by atoms with E-state index in [1.807, 2.05) is 18.7 Å². The van der Waals surface area contributed by atoms with Gasteiger partial charge in [-0.25, -0.2) is 18.0 Å². The zero-order chi connectivity index (χ0) is 25.4. The van der Waals surface area contributed by atoms with Gasteiger partial charge in [-0.1, -0.05) is 0 Å². The van der Waals surface area contributed by atoms with Crippen LogP contribution in [0.2, 0.25) is 0 Å². The third kappa shape index (κ3) is 7.86. The van der Waals surface area contributed by atoms with Crippen LogP contribution in [0.5, 0.6) is 5.75 Å². The maximum absolute atomic E-state index is 12.5. The van der Waals surface area contributed by atoms with Gasteiger partial charge in [0.05, 0.1) is 23.3 Å². The smallest absolute Gasteiger partial charge is 0.490 e. The van der Waals surface area contributed by atoms with Gasteiger partial charge >= 0.3 is 18.1 Å². The quantitative estimate of drug-likeness (QED) is 0.508. The number of anilines is 2. The molecule has 0 aromatic heterocycles. The largest absolute Gasteiger partial charge is 0.497 e. The molecule has 0 aliphatic heterocycles. The van der Waals surface area contributed by atoms with Crippen molar-refractivity contribution in [3.63, 3.8) is 0 Å². The van der Waals surface area contributed by atoms with E-state index < -0.39 is 28.1 Å². The highest BCUT2D eigenvalue weighted by atomic mass is 32.2. The number of methoxy groups -OCH3 is 1. The molecule has 0 unspecified atom stereocenters. The zero-order valence-electron chi connectivity index (χ0n) is 17.9. The number of sulfonamides is 1. The lowest BCUT2D eigenvalue weighted by atomic mass is 10.1. The standard InChI is InChI=1S/C18H22N2O5S.C2HF3O2/c1-4-20(5-2)17-11-6-13(12-16(17)18(21)22)19-26(23,24)15-9-7-14(25-3)8-10-15;3-2(4,5)1(6)7/h6-12,19H,4-5H2,1-3H3,(H,21,22);(H,6,7). The van der Waals surface area contributed by atoms with Crippen molar-refractivity contribution in [1.82, 2.24) is 0 Å². The molecule has 2 rings (SSSR count). The molecule has 9 nitrogen and oxygen atoms in total. The fourth-order valence-electron chi connectivity index (χ4n) is 2.58. The molecule has 0 aliphatic rings. The van der Waals surface area contributed by atoms with Gasteiger partial charge in [0, 0.05) is 18.8 Å². The lowest BCUT2D eigenvalue weighted by molar-refractivity contribution is -0.192. The van der Waals surface area contributed by atoms with Crippen molar-refractivity contribution in [2.24, 2.45) is 0 Å². The number of alkyl halides is 3. The third-order valence-corrected chi connectivity index (χ3v) is 5.59. The maximum Gasteiger partial charge on any atom is 0.490 e. The van der Waals surface area contributed by atoms with Crippen LogP contribution in [0.15, 0.2) is 47.4 Å². The molecule has 3 N–H and O–H groups in total. The molecule has 0 aliphatic carbocycles. The van der Waals surface area contributed by atoms with E-state index >= 15 is 0 Å². The molecule has 0 heterocycles. The highest BCUT2D eigenvalue weighted by Gasteiger charge is 2.38. The number of aliphatic carboxylic acids is 1. The van der Waals surface area contributed by atoms with Gasteiger partial charge in [-0.2, -0.15) is 13.2 Å². The number of ether oxygens (including phenoxy) is 1. The molecule has 2 aromatic rings. The van der Waals surface area contributed by atoms with Crippen molar-refractivity contribution in [3.05, 3.63) is 48.0 Å². The first-order chi connectivity index (χ1) is 15.3. The van der Waals surface area contributed by atoms with Gasteiger partial charge in [0.1, 0.15) is 5.75 Å². The van der Waals surface area contributed by atoms with Crippen LogP contribution in [0.1, 0.15) is 24.2 Å². The van der Waals surface area contributed by atoms with Crippen LogP contribution in [-0.4, -0.2) is 56.9 Å². The summed E-state index contributed by atoms with van der Waals surface area (Å²) in [7, 11) is -2.34. The van der Waals surface area contributed by atoms with E-state index in [9.17, 15) is 31.5 Å². The number of carbonyl (C=O) groups is 2. The Kier molecular flexibility index (Phi) is 9.52. The van der Waals surface area contributed by atoms with Crippen LogP contribution < -0.4 is 14.4 Å². The Morgan fingerprint density at radius 2 is 1.55 bits per heavy atom. The van der Waals surface area contributed by atoms with E-state index in [4.69, 9.17) is 14.6 Å². The molecule has 13 heteroatoms. The first kappa shape index (κ1) is 27.6. The fraction of sp³-hybridized carbons (Fsp3) is 0.300. The number of benzene rings is 2.